The number of ether oxygens (including phenoxy) is 1. The number of nitrogens with one attached hydrogen (secondary N) is 1. The van der Waals surface area contributed by atoms with Crippen molar-refractivity contribution >= 4 is 10.9 Å². The van der Waals surface area contributed by atoms with Gasteiger partial charge in [-0.3, -0.25) is 4.90 Å². The lowest BCUT2D eigenvalue weighted by Crippen LogP contribution is -2.51. The smallest absolute Gasteiger partial charge is 0.152 e. The average Bonchev–Trinajstić information content (AvgIpc) is 3.11. The van der Waals surface area contributed by atoms with Crippen LogP contribution >= 0.6 is 0 Å². The molecule has 3 fully saturated rings. The molecule has 0 radical (unpaired) electrons. The number of hydrogen-bond acceptors (Lipinski definition) is 2. The van der Waals surface area contributed by atoms with Crippen molar-refractivity contribution in [3.63, 3.8) is 0 Å². The maximum atomic E-state index is 6.26. The summed E-state index contributed by atoms with van der Waals surface area (Å²) in [6.45, 7) is 2.40. The summed E-state index contributed by atoms with van der Waals surface area (Å²) in [6, 6.07) is 17.2. The minimum atomic E-state index is 0.276. The van der Waals surface area contributed by atoms with Gasteiger partial charge in [-0.1, -0.05) is 24.3 Å². The van der Waals surface area contributed by atoms with Gasteiger partial charge in [-0.2, -0.15) is 0 Å². The maximum Gasteiger partial charge on any atom is 0.152 e. The van der Waals surface area contributed by atoms with Crippen molar-refractivity contribution < 1.29 is 4.74 Å². The Labute approximate surface area is 142 Å². The summed E-state index contributed by atoms with van der Waals surface area (Å²) < 4.78 is 6.26. The van der Waals surface area contributed by atoms with Gasteiger partial charge in [0.25, 0.3) is 0 Å². The lowest BCUT2D eigenvalue weighted by Gasteiger charge is -2.44. The number of H-pyrrole nitrogens is 1. The Morgan fingerprint density at radius 1 is 0.917 bits per heavy atom. The van der Waals surface area contributed by atoms with Gasteiger partial charge < -0.3 is 9.72 Å². The monoisotopic (exact) mass is 318 g/mol. The fourth-order valence-corrected chi connectivity index (χ4v) is 4.14. The molecule has 1 unspecified atom stereocenters. The molecule has 0 saturated carbocycles. The molecule has 3 saturated heterocycles. The highest BCUT2D eigenvalue weighted by Gasteiger charge is 2.34. The maximum absolute atomic E-state index is 6.26. The van der Waals surface area contributed by atoms with E-state index < -0.39 is 0 Å². The number of rotatable bonds is 3. The molecular formula is C21H22N2O. The van der Waals surface area contributed by atoms with Gasteiger partial charge in [-0.25, -0.2) is 0 Å². The Morgan fingerprint density at radius 2 is 1.71 bits per heavy atom. The van der Waals surface area contributed by atoms with E-state index in [2.05, 4.69) is 58.4 Å². The molecule has 3 aliphatic rings. The summed E-state index contributed by atoms with van der Waals surface area (Å²) in [4.78, 5) is 5.77. The number of benzene rings is 2. The number of piperidine rings is 3. The number of hydrogen-bond donors (Lipinski definition) is 1. The second-order valence-electron chi connectivity index (χ2n) is 7.09. The summed E-state index contributed by atoms with van der Waals surface area (Å²) in [5.74, 6) is 1.85. The molecule has 0 aliphatic carbocycles. The van der Waals surface area contributed by atoms with Crippen LogP contribution in [0.4, 0.5) is 0 Å². The molecule has 24 heavy (non-hydrogen) atoms. The first-order valence-electron chi connectivity index (χ1n) is 8.93. The van der Waals surface area contributed by atoms with Crippen LogP contribution in [0.5, 0.6) is 5.75 Å². The van der Waals surface area contributed by atoms with E-state index in [1.165, 1.54) is 54.4 Å². The van der Waals surface area contributed by atoms with Gasteiger partial charge in [0.05, 0.1) is 0 Å². The highest BCUT2D eigenvalue weighted by atomic mass is 16.5. The minimum Gasteiger partial charge on any atom is -0.475 e. The van der Waals surface area contributed by atoms with Gasteiger partial charge in [0.2, 0.25) is 0 Å². The van der Waals surface area contributed by atoms with Crippen molar-refractivity contribution in [2.75, 3.05) is 13.1 Å². The number of fused-ring (bicyclic) bond motifs is 4. The molecule has 0 amide bonds. The third kappa shape index (κ3) is 2.49. The van der Waals surface area contributed by atoms with Crippen molar-refractivity contribution in [3.05, 3.63) is 54.7 Å². The van der Waals surface area contributed by atoms with Gasteiger partial charge >= 0.3 is 0 Å². The number of nitrogens with zero attached hydrogens (tertiary/aromatic N) is 1. The third-order valence-corrected chi connectivity index (χ3v) is 5.61. The highest BCUT2D eigenvalue weighted by Crippen LogP contribution is 2.33. The topological polar surface area (TPSA) is 28.3 Å². The molecule has 1 aromatic heterocycles. The minimum absolute atomic E-state index is 0.276. The van der Waals surface area contributed by atoms with E-state index in [1.54, 1.807) is 0 Å². The largest absolute Gasteiger partial charge is 0.475 e. The Balaban J connectivity index is 1.35. The van der Waals surface area contributed by atoms with E-state index in [1.807, 2.05) is 6.20 Å². The number of aromatic amines is 1. The van der Waals surface area contributed by atoms with E-state index >= 15 is 0 Å². The molecular weight excluding hydrogens is 296 g/mol. The molecule has 2 aromatic carbocycles. The van der Waals surface area contributed by atoms with Gasteiger partial charge in [-0.15, -0.1) is 0 Å². The first-order valence-corrected chi connectivity index (χ1v) is 8.93. The first kappa shape index (κ1) is 14.1. The zero-order valence-electron chi connectivity index (χ0n) is 13.7. The Hall–Kier alpha value is -2.26. The van der Waals surface area contributed by atoms with Crippen LogP contribution in [0.3, 0.4) is 0 Å². The Kier molecular flexibility index (Phi) is 3.34. The molecule has 1 N–H and O–H groups in total. The molecule has 3 aliphatic heterocycles. The quantitative estimate of drug-likeness (QED) is 0.761. The average molecular weight is 318 g/mol. The molecule has 4 heterocycles. The lowest BCUT2D eigenvalue weighted by atomic mass is 9.87. The first-order chi connectivity index (χ1) is 11.8. The summed E-state index contributed by atoms with van der Waals surface area (Å²) in [6.07, 6.45) is 6.14. The van der Waals surface area contributed by atoms with Crippen LogP contribution in [0.2, 0.25) is 0 Å². The van der Waals surface area contributed by atoms with E-state index in [-0.39, 0.29) is 6.23 Å². The van der Waals surface area contributed by atoms with Crippen molar-refractivity contribution in [1.29, 1.82) is 0 Å². The zero-order chi connectivity index (χ0) is 15.9. The summed E-state index contributed by atoms with van der Waals surface area (Å²) in [7, 11) is 0. The fraction of sp³-hybridized carbons (Fsp3) is 0.333. The van der Waals surface area contributed by atoms with Crippen LogP contribution in [0.15, 0.2) is 54.7 Å². The molecule has 3 heteroatoms. The standard InChI is InChI=1S/C21H22N2O/c1-2-18(14-20-17(1)7-10-22-20)16-3-5-19(6-4-16)24-21-13-15-8-11-23(21)12-9-15/h1-7,10,14-15,21-22H,8-9,11-13H2. The molecule has 1 atom stereocenters. The van der Waals surface area contributed by atoms with Gasteiger partial charge in [0, 0.05) is 31.2 Å². The zero-order valence-corrected chi connectivity index (χ0v) is 13.7. The van der Waals surface area contributed by atoms with Crippen molar-refractivity contribution in [2.45, 2.75) is 25.5 Å². The van der Waals surface area contributed by atoms with Gasteiger partial charge in [-0.05, 0) is 59.5 Å². The van der Waals surface area contributed by atoms with Gasteiger partial charge in [0.15, 0.2) is 6.23 Å². The van der Waals surface area contributed by atoms with E-state index in [0.717, 1.165) is 11.7 Å². The molecule has 0 spiro atoms. The molecule has 3 nitrogen and oxygen atoms in total. The lowest BCUT2D eigenvalue weighted by molar-refractivity contribution is -0.0605. The molecule has 3 aromatic rings. The van der Waals surface area contributed by atoms with Crippen LogP contribution in [-0.2, 0) is 0 Å². The third-order valence-electron chi connectivity index (χ3n) is 5.61. The van der Waals surface area contributed by atoms with Crippen molar-refractivity contribution in [1.82, 2.24) is 9.88 Å². The van der Waals surface area contributed by atoms with E-state index in [4.69, 9.17) is 4.74 Å². The predicted octanol–water partition coefficient (Wildman–Crippen LogP) is 4.66. The Morgan fingerprint density at radius 3 is 2.46 bits per heavy atom. The molecule has 122 valence electrons. The summed E-state index contributed by atoms with van der Waals surface area (Å²) in [5.41, 5.74) is 3.64. The summed E-state index contributed by atoms with van der Waals surface area (Å²) in [5, 5.41) is 1.25. The SMILES string of the molecule is c1cc2ccc(-c3ccc(OC4CC5CCN4CC5)cc3)cc2[nH]1. The second kappa shape index (κ2) is 5.67. The van der Waals surface area contributed by atoms with Gasteiger partial charge in [0.1, 0.15) is 5.75 Å². The normalized spacial score (nSPS) is 25.9. The van der Waals surface area contributed by atoms with Crippen LogP contribution in [0.25, 0.3) is 22.0 Å². The van der Waals surface area contributed by atoms with Crippen molar-refractivity contribution in [3.8, 4) is 16.9 Å². The van der Waals surface area contributed by atoms with E-state index in [0.29, 0.717) is 0 Å². The van der Waals surface area contributed by atoms with Crippen LogP contribution in [0, 0.1) is 5.92 Å². The van der Waals surface area contributed by atoms with Crippen molar-refractivity contribution in [2.24, 2.45) is 5.92 Å². The van der Waals surface area contributed by atoms with Crippen LogP contribution in [-0.4, -0.2) is 29.2 Å². The van der Waals surface area contributed by atoms with E-state index in [9.17, 15) is 0 Å². The number of aromatic nitrogens is 1. The molecule has 2 bridgehead atoms. The highest BCUT2D eigenvalue weighted by molar-refractivity contribution is 5.84. The van der Waals surface area contributed by atoms with Crippen LogP contribution < -0.4 is 4.74 Å². The van der Waals surface area contributed by atoms with Crippen LogP contribution in [0.1, 0.15) is 19.3 Å². The Bertz CT molecular complexity index is 844. The molecule has 6 rings (SSSR count). The summed E-state index contributed by atoms with van der Waals surface area (Å²) >= 11 is 0. The second-order valence-corrected chi connectivity index (χ2v) is 7.09. The predicted molar refractivity (Wildman–Crippen MR) is 97.1 cm³/mol. The fourth-order valence-electron chi connectivity index (χ4n) is 4.14.